The third-order valence-electron chi connectivity index (χ3n) is 5.85. The highest BCUT2D eigenvalue weighted by atomic mass is 16.2. The van der Waals surface area contributed by atoms with Crippen LogP contribution in [0.2, 0.25) is 0 Å². The average Bonchev–Trinajstić information content (AvgIpc) is 3.36. The van der Waals surface area contributed by atoms with E-state index in [0.717, 1.165) is 67.8 Å². The molecule has 2 aromatic heterocycles. The fourth-order valence-corrected chi connectivity index (χ4v) is 4.41. The molecule has 4 rings (SSSR count). The number of likely N-dealkylation sites (N-methyl/N-ethyl adjacent to an activating group) is 1. The maximum Gasteiger partial charge on any atom is 0.225 e. The number of nitrogens with one attached hydrogen (secondary N) is 2. The Morgan fingerprint density at radius 2 is 2.15 bits per heavy atom. The van der Waals surface area contributed by atoms with Gasteiger partial charge in [-0.25, -0.2) is 4.98 Å². The molecule has 2 aliphatic rings. The summed E-state index contributed by atoms with van der Waals surface area (Å²) < 4.78 is 2.16. The molecule has 0 spiro atoms. The van der Waals surface area contributed by atoms with E-state index in [0.29, 0.717) is 6.54 Å². The largest absolute Gasteiger partial charge is 0.348 e. The molecule has 0 bridgehead atoms. The summed E-state index contributed by atoms with van der Waals surface area (Å²) in [5.41, 5.74) is 2.12. The van der Waals surface area contributed by atoms with Crippen molar-refractivity contribution in [2.75, 3.05) is 20.1 Å². The van der Waals surface area contributed by atoms with E-state index >= 15 is 0 Å². The van der Waals surface area contributed by atoms with E-state index in [1.165, 1.54) is 6.42 Å². The van der Waals surface area contributed by atoms with Crippen LogP contribution in [0.5, 0.6) is 0 Å². The molecule has 1 fully saturated rings. The summed E-state index contributed by atoms with van der Waals surface area (Å²) in [5, 5.41) is 11.7. The number of H-pyrrole nitrogens is 1. The maximum atomic E-state index is 13.0. The second-order valence-corrected chi connectivity index (χ2v) is 7.84. The van der Waals surface area contributed by atoms with Crippen LogP contribution in [0.15, 0.2) is 0 Å². The highest BCUT2D eigenvalue weighted by molar-refractivity contribution is 5.80. The van der Waals surface area contributed by atoms with Crippen LogP contribution < -0.4 is 5.32 Å². The number of hydrogen-bond acceptors (Lipinski definition) is 5. The van der Waals surface area contributed by atoms with Crippen LogP contribution >= 0.6 is 0 Å². The number of carbonyl (C=O) groups excluding carboxylic acids is 1. The van der Waals surface area contributed by atoms with E-state index in [4.69, 9.17) is 4.98 Å². The summed E-state index contributed by atoms with van der Waals surface area (Å²) in [6, 6.07) is 0. The van der Waals surface area contributed by atoms with Crippen molar-refractivity contribution in [3.8, 4) is 0 Å². The lowest BCUT2D eigenvalue weighted by Gasteiger charge is -2.18. The standard InChI is InChI=1S/C19H29N7O/c1-4-15-21-12(2)18(22-15)13-10-25(3)11-14(13)19(27)20-9-17-24-23-16-7-5-6-8-26(16)17/h13-14H,4-11H2,1-3H3,(H,20,27)(H,21,22)/t13-,14-/m0/s1. The van der Waals surface area contributed by atoms with Gasteiger partial charge in [-0.1, -0.05) is 6.92 Å². The Kier molecular flexibility index (Phi) is 4.99. The average molecular weight is 371 g/mol. The molecule has 8 nitrogen and oxygen atoms in total. The van der Waals surface area contributed by atoms with E-state index in [9.17, 15) is 4.79 Å². The molecule has 0 unspecified atom stereocenters. The van der Waals surface area contributed by atoms with Crippen molar-refractivity contribution >= 4 is 5.91 Å². The number of amides is 1. The number of hydrogen-bond donors (Lipinski definition) is 2. The van der Waals surface area contributed by atoms with Crippen molar-refractivity contribution in [3.05, 3.63) is 28.9 Å². The first-order valence-electron chi connectivity index (χ1n) is 9.99. The Labute approximate surface area is 159 Å². The van der Waals surface area contributed by atoms with Crippen molar-refractivity contribution in [3.63, 3.8) is 0 Å². The molecule has 146 valence electrons. The van der Waals surface area contributed by atoms with Crippen molar-refractivity contribution in [2.45, 2.75) is 58.5 Å². The highest BCUT2D eigenvalue weighted by Crippen LogP contribution is 2.33. The Morgan fingerprint density at radius 1 is 1.30 bits per heavy atom. The lowest BCUT2D eigenvalue weighted by molar-refractivity contribution is -0.125. The molecule has 2 aliphatic heterocycles. The highest BCUT2D eigenvalue weighted by Gasteiger charge is 2.39. The normalized spacial score (nSPS) is 22.8. The molecule has 0 saturated carbocycles. The molecule has 0 aromatic carbocycles. The molecular formula is C19H29N7O. The van der Waals surface area contributed by atoms with Crippen LogP contribution in [0.4, 0.5) is 0 Å². The molecular weight excluding hydrogens is 342 g/mol. The first-order valence-corrected chi connectivity index (χ1v) is 9.99. The van der Waals surface area contributed by atoms with Gasteiger partial charge in [-0.3, -0.25) is 4.79 Å². The zero-order valence-corrected chi connectivity index (χ0v) is 16.5. The second kappa shape index (κ2) is 7.42. The Bertz CT molecular complexity index is 824. The molecule has 1 amide bonds. The van der Waals surface area contributed by atoms with E-state index in [2.05, 4.69) is 50.9 Å². The predicted octanol–water partition coefficient (Wildman–Crippen LogP) is 1.17. The Hall–Kier alpha value is -2.22. The smallest absolute Gasteiger partial charge is 0.225 e. The van der Waals surface area contributed by atoms with Gasteiger partial charge in [-0.2, -0.15) is 0 Å². The number of rotatable bonds is 5. The van der Waals surface area contributed by atoms with Gasteiger partial charge in [-0.15, -0.1) is 10.2 Å². The molecule has 2 atom stereocenters. The summed E-state index contributed by atoms with van der Waals surface area (Å²) in [7, 11) is 2.07. The Balaban J connectivity index is 1.46. The quantitative estimate of drug-likeness (QED) is 0.823. The van der Waals surface area contributed by atoms with E-state index < -0.39 is 0 Å². The summed E-state index contributed by atoms with van der Waals surface area (Å²) in [6.07, 6.45) is 4.18. The fraction of sp³-hybridized carbons (Fsp3) is 0.684. The van der Waals surface area contributed by atoms with E-state index in [1.54, 1.807) is 0 Å². The summed E-state index contributed by atoms with van der Waals surface area (Å²) >= 11 is 0. The minimum atomic E-state index is -0.0922. The van der Waals surface area contributed by atoms with E-state index in [-0.39, 0.29) is 17.7 Å². The van der Waals surface area contributed by atoms with Crippen LogP contribution in [0, 0.1) is 12.8 Å². The molecule has 2 N–H and O–H groups in total. The van der Waals surface area contributed by atoms with Crippen LogP contribution in [-0.4, -0.2) is 55.7 Å². The lowest BCUT2D eigenvalue weighted by atomic mass is 9.91. The van der Waals surface area contributed by atoms with Crippen LogP contribution in [0.1, 0.15) is 54.5 Å². The van der Waals surface area contributed by atoms with Crippen LogP contribution in [-0.2, 0) is 30.7 Å². The van der Waals surface area contributed by atoms with Gasteiger partial charge in [0.05, 0.1) is 18.2 Å². The minimum absolute atomic E-state index is 0.0814. The van der Waals surface area contributed by atoms with Gasteiger partial charge >= 0.3 is 0 Å². The molecule has 2 aromatic rings. The molecule has 4 heterocycles. The molecule has 1 saturated heterocycles. The monoisotopic (exact) mass is 371 g/mol. The topological polar surface area (TPSA) is 91.7 Å². The zero-order chi connectivity index (χ0) is 19.0. The summed E-state index contributed by atoms with van der Waals surface area (Å²) in [5.74, 6) is 3.02. The van der Waals surface area contributed by atoms with Gasteiger partial charge in [0.2, 0.25) is 5.91 Å². The molecule has 27 heavy (non-hydrogen) atoms. The molecule has 8 heteroatoms. The van der Waals surface area contributed by atoms with Crippen LogP contribution in [0.3, 0.4) is 0 Å². The van der Waals surface area contributed by atoms with Gasteiger partial charge in [-0.05, 0) is 26.8 Å². The first-order chi connectivity index (χ1) is 13.1. The van der Waals surface area contributed by atoms with Gasteiger partial charge in [0, 0.05) is 44.1 Å². The van der Waals surface area contributed by atoms with Gasteiger partial charge in [0.1, 0.15) is 11.6 Å². The second-order valence-electron chi connectivity index (χ2n) is 7.84. The first kappa shape index (κ1) is 18.2. The number of fused-ring (bicyclic) bond motifs is 1. The number of nitrogens with zero attached hydrogens (tertiary/aromatic N) is 5. The van der Waals surface area contributed by atoms with Crippen molar-refractivity contribution in [1.29, 1.82) is 0 Å². The van der Waals surface area contributed by atoms with Gasteiger partial charge in [0.15, 0.2) is 5.82 Å². The zero-order valence-electron chi connectivity index (χ0n) is 16.5. The number of imidazole rings is 1. The van der Waals surface area contributed by atoms with Crippen molar-refractivity contribution in [1.82, 2.24) is 34.9 Å². The number of aryl methyl sites for hydroxylation is 3. The summed E-state index contributed by atoms with van der Waals surface area (Å²) in [6.45, 7) is 7.14. The maximum absolute atomic E-state index is 13.0. The number of aromatic nitrogens is 5. The molecule has 0 radical (unpaired) electrons. The lowest BCUT2D eigenvalue weighted by Crippen LogP contribution is -2.35. The third kappa shape index (κ3) is 3.50. The van der Waals surface area contributed by atoms with E-state index in [1.807, 2.05) is 0 Å². The predicted molar refractivity (Wildman–Crippen MR) is 101 cm³/mol. The number of carbonyl (C=O) groups is 1. The van der Waals surface area contributed by atoms with Crippen molar-refractivity contribution in [2.24, 2.45) is 5.92 Å². The van der Waals surface area contributed by atoms with Gasteiger partial charge in [0.25, 0.3) is 0 Å². The van der Waals surface area contributed by atoms with Gasteiger partial charge < -0.3 is 19.8 Å². The summed E-state index contributed by atoms with van der Waals surface area (Å²) in [4.78, 5) is 23.3. The third-order valence-corrected chi connectivity index (χ3v) is 5.85. The number of likely N-dealkylation sites (tertiary alicyclic amines) is 1. The van der Waals surface area contributed by atoms with Crippen molar-refractivity contribution < 1.29 is 4.79 Å². The number of aromatic amines is 1. The Morgan fingerprint density at radius 3 is 2.93 bits per heavy atom. The minimum Gasteiger partial charge on any atom is -0.348 e. The SMILES string of the molecule is CCc1nc([C@H]2CN(C)C[C@@H]2C(=O)NCc2nnc3n2CCCC3)c(C)[nH]1. The van der Waals surface area contributed by atoms with Crippen LogP contribution in [0.25, 0.3) is 0 Å². The molecule has 0 aliphatic carbocycles. The fourth-order valence-electron chi connectivity index (χ4n) is 4.41.